The maximum atomic E-state index is 13.9. The molecule has 2 heterocycles. The second kappa shape index (κ2) is 7.58. The Morgan fingerprint density at radius 1 is 1.28 bits per heavy atom. The van der Waals surface area contributed by atoms with Crippen LogP contribution in [0.4, 0.5) is 9.18 Å². The minimum atomic E-state index is -3.54. The predicted molar refractivity (Wildman–Crippen MR) is 106 cm³/mol. The number of benzene rings is 1. The highest BCUT2D eigenvalue weighted by Gasteiger charge is 2.44. The monoisotopic (exact) mass is 423 g/mol. The van der Waals surface area contributed by atoms with Crippen LogP contribution >= 0.6 is 0 Å². The van der Waals surface area contributed by atoms with Crippen LogP contribution in [-0.2, 0) is 14.6 Å². The van der Waals surface area contributed by atoms with Crippen LogP contribution in [0.3, 0.4) is 0 Å². The minimum Gasteiger partial charge on any atom is -0.444 e. The number of hydrogen-bond donors (Lipinski definition) is 0. The molecule has 0 unspecified atom stereocenters. The van der Waals surface area contributed by atoms with Crippen molar-refractivity contribution in [3.05, 3.63) is 34.6 Å². The molecular weight excluding hydrogens is 397 g/mol. The fourth-order valence-electron chi connectivity index (χ4n) is 3.97. The van der Waals surface area contributed by atoms with Gasteiger partial charge in [0.05, 0.1) is 16.6 Å². The van der Waals surface area contributed by atoms with E-state index in [0.717, 1.165) is 6.07 Å². The Balaban J connectivity index is 1.81. The average molecular weight is 424 g/mol. The first-order valence-electron chi connectivity index (χ1n) is 9.55. The van der Waals surface area contributed by atoms with Crippen LogP contribution in [0.25, 0.3) is 0 Å². The fourth-order valence-corrected chi connectivity index (χ4v) is 6.11. The molecule has 9 heteroatoms. The summed E-state index contributed by atoms with van der Waals surface area (Å²) in [7, 11) is -3.54. The summed E-state index contributed by atoms with van der Waals surface area (Å²) in [5.41, 5.74) is 0.105. The number of nitriles is 1. The number of amides is 1. The summed E-state index contributed by atoms with van der Waals surface area (Å²) in [5, 5.41) is 8.38. The van der Waals surface area contributed by atoms with E-state index in [-0.39, 0.29) is 30.4 Å². The molecule has 0 aromatic heterocycles. The van der Waals surface area contributed by atoms with Gasteiger partial charge in [-0.2, -0.15) is 5.26 Å². The van der Waals surface area contributed by atoms with Gasteiger partial charge in [-0.05, 0) is 44.9 Å². The molecule has 2 saturated heterocycles. The topological polar surface area (TPSA) is 90.7 Å². The molecular formula is C20H26FN3O4S. The summed E-state index contributed by atoms with van der Waals surface area (Å²) in [6.07, 6.45) is -0.440. The van der Waals surface area contributed by atoms with Gasteiger partial charge in [0.2, 0.25) is 0 Å². The van der Waals surface area contributed by atoms with E-state index in [4.69, 9.17) is 4.74 Å². The lowest BCUT2D eigenvalue weighted by molar-refractivity contribution is 0.00498. The Hall–Kier alpha value is -2.18. The molecule has 1 amide bonds. The predicted octanol–water partition coefficient (Wildman–Crippen LogP) is 2.40. The molecule has 158 valence electrons. The third-order valence-electron chi connectivity index (χ3n) is 5.43. The number of nitrogens with zero attached hydrogens (tertiary/aromatic N) is 3. The van der Waals surface area contributed by atoms with E-state index in [1.807, 2.05) is 6.07 Å². The summed E-state index contributed by atoms with van der Waals surface area (Å²) in [6, 6.07) is 4.13. The third-order valence-corrected chi connectivity index (χ3v) is 7.55. The largest absolute Gasteiger partial charge is 0.444 e. The summed E-state index contributed by atoms with van der Waals surface area (Å²) >= 11 is 0. The quantitative estimate of drug-likeness (QED) is 0.689. The van der Waals surface area contributed by atoms with Crippen LogP contribution in [-0.4, -0.2) is 67.9 Å². The number of piperazine rings is 1. The Labute approximate surface area is 171 Å². The molecule has 0 spiro atoms. The number of fused-ring (bicyclic) bond motifs is 1. The van der Waals surface area contributed by atoms with E-state index < -0.39 is 32.6 Å². The Kier molecular flexibility index (Phi) is 5.62. The van der Waals surface area contributed by atoms with Gasteiger partial charge in [-0.25, -0.2) is 17.6 Å². The van der Waals surface area contributed by atoms with Crippen LogP contribution in [0.2, 0.25) is 0 Å². The second-order valence-corrected chi connectivity index (χ2v) is 10.9. The van der Waals surface area contributed by atoms with Crippen molar-refractivity contribution in [2.45, 2.75) is 44.6 Å². The van der Waals surface area contributed by atoms with Crippen LogP contribution in [0, 0.1) is 24.1 Å². The molecule has 1 aromatic rings. The first-order valence-corrected chi connectivity index (χ1v) is 11.3. The van der Waals surface area contributed by atoms with Crippen molar-refractivity contribution >= 4 is 15.9 Å². The zero-order chi connectivity index (χ0) is 21.6. The zero-order valence-electron chi connectivity index (χ0n) is 17.1. The van der Waals surface area contributed by atoms with Crippen LogP contribution in [0.15, 0.2) is 12.1 Å². The molecule has 7 nitrogen and oxygen atoms in total. The normalized spacial score (nSPS) is 24.5. The second-order valence-electron chi connectivity index (χ2n) is 8.64. The van der Waals surface area contributed by atoms with E-state index in [9.17, 15) is 22.9 Å². The molecule has 0 radical (unpaired) electrons. The molecule has 2 aliphatic rings. The Morgan fingerprint density at radius 2 is 1.97 bits per heavy atom. The minimum absolute atomic E-state index is 0.102. The number of sulfone groups is 1. The maximum absolute atomic E-state index is 13.9. The first-order chi connectivity index (χ1) is 13.4. The van der Waals surface area contributed by atoms with Crippen molar-refractivity contribution in [1.29, 1.82) is 5.26 Å². The number of hydrogen-bond acceptors (Lipinski definition) is 6. The molecule has 2 aliphatic heterocycles. The van der Waals surface area contributed by atoms with Crippen molar-refractivity contribution in [2.75, 3.05) is 31.9 Å². The van der Waals surface area contributed by atoms with Crippen molar-refractivity contribution in [1.82, 2.24) is 9.80 Å². The van der Waals surface area contributed by atoms with Gasteiger partial charge in [0.1, 0.15) is 17.5 Å². The van der Waals surface area contributed by atoms with Crippen molar-refractivity contribution < 1.29 is 22.3 Å². The summed E-state index contributed by atoms with van der Waals surface area (Å²) in [4.78, 5) is 16.0. The molecule has 1 aromatic carbocycles. The van der Waals surface area contributed by atoms with Crippen molar-refractivity contribution in [3.8, 4) is 6.07 Å². The Morgan fingerprint density at radius 3 is 2.59 bits per heavy atom. The van der Waals surface area contributed by atoms with E-state index >= 15 is 0 Å². The zero-order valence-corrected chi connectivity index (χ0v) is 17.9. The van der Waals surface area contributed by atoms with Crippen LogP contribution in [0.5, 0.6) is 0 Å². The summed E-state index contributed by atoms with van der Waals surface area (Å²) in [6.45, 7) is 8.47. The smallest absolute Gasteiger partial charge is 0.410 e. The third kappa shape index (κ3) is 4.38. The number of carbonyl (C=O) groups is 1. The van der Waals surface area contributed by atoms with Crippen molar-refractivity contribution in [3.63, 3.8) is 0 Å². The highest BCUT2D eigenvalue weighted by molar-refractivity contribution is 7.91. The van der Waals surface area contributed by atoms with Gasteiger partial charge in [0, 0.05) is 32.2 Å². The first kappa shape index (κ1) is 21.5. The molecule has 2 atom stereocenters. The molecule has 3 rings (SSSR count). The van der Waals surface area contributed by atoms with Crippen molar-refractivity contribution in [2.24, 2.45) is 0 Å². The highest BCUT2D eigenvalue weighted by atomic mass is 32.2. The Bertz CT molecular complexity index is 965. The average Bonchev–Trinajstić information content (AvgIpc) is 2.59. The highest BCUT2D eigenvalue weighted by Crippen LogP contribution is 2.35. The van der Waals surface area contributed by atoms with Crippen LogP contribution < -0.4 is 0 Å². The molecule has 0 bridgehead atoms. The lowest BCUT2D eigenvalue weighted by atomic mass is 9.99. The summed E-state index contributed by atoms with van der Waals surface area (Å²) < 4.78 is 45.4. The van der Waals surface area contributed by atoms with Gasteiger partial charge < -0.3 is 9.64 Å². The number of halogens is 1. The van der Waals surface area contributed by atoms with Gasteiger partial charge >= 0.3 is 6.09 Å². The van der Waals surface area contributed by atoms with Crippen LogP contribution in [0.1, 0.15) is 42.7 Å². The summed E-state index contributed by atoms with van der Waals surface area (Å²) in [5.74, 6) is -0.749. The maximum Gasteiger partial charge on any atom is 0.410 e. The SMILES string of the molecule is Cc1c([C@H]2CN3CCN(C(=O)OC(C)(C)C)C[C@H]3CS2(=O)=O)ccc(F)c1C#N. The molecule has 2 fully saturated rings. The lowest BCUT2D eigenvalue weighted by Crippen LogP contribution is -2.61. The number of carbonyl (C=O) groups excluding carboxylic acids is 1. The van der Waals surface area contributed by atoms with Gasteiger partial charge in [-0.3, -0.25) is 4.90 Å². The lowest BCUT2D eigenvalue weighted by Gasteiger charge is -2.46. The van der Waals surface area contributed by atoms with E-state index in [1.54, 1.807) is 32.6 Å². The van der Waals surface area contributed by atoms with E-state index in [1.165, 1.54) is 6.07 Å². The number of rotatable bonds is 1. The molecule has 0 N–H and O–H groups in total. The standard InChI is InChI=1S/C20H26FN3O4S/c1-13-15(5-6-17(21)16(13)9-22)18-11-23-7-8-24(19(25)28-20(2,3)4)10-14(23)12-29(18,26)27/h5-6,14,18H,7-8,10-12H2,1-4H3/t14-,18+/m0/s1. The molecule has 0 saturated carbocycles. The van der Waals surface area contributed by atoms with Gasteiger partial charge in [0.25, 0.3) is 0 Å². The van der Waals surface area contributed by atoms with E-state index in [2.05, 4.69) is 4.90 Å². The fraction of sp³-hybridized carbons (Fsp3) is 0.600. The number of ether oxygens (including phenoxy) is 1. The molecule has 29 heavy (non-hydrogen) atoms. The van der Waals surface area contributed by atoms with Gasteiger partial charge in [-0.15, -0.1) is 0 Å². The van der Waals surface area contributed by atoms with E-state index in [0.29, 0.717) is 24.2 Å². The van der Waals surface area contributed by atoms with Gasteiger partial charge in [-0.1, -0.05) is 6.07 Å². The molecule has 0 aliphatic carbocycles. The van der Waals surface area contributed by atoms with Gasteiger partial charge in [0.15, 0.2) is 9.84 Å².